The van der Waals surface area contributed by atoms with Crippen molar-refractivity contribution >= 4 is 28.4 Å². The number of hydrogen-bond donors (Lipinski definition) is 3. The maximum absolute atomic E-state index is 11.3. The Morgan fingerprint density at radius 2 is 1.10 bits per heavy atom. The molecule has 0 unspecified atom stereocenters. The SMILES string of the molecule is Cc1ccccc1N([CH-]NCN1[CH-]N(c2cc(-c3c(C)cccc3C)ccc2O)c2ccccc21)c1cc(-c2c(C)cccc2C)ccc1O.[Pt+2]. The van der Waals surface area contributed by atoms with Crippen LogP contribution in [0.5, 0.6) is 11.5 Å². The number of rotatable bonds is 9. The van der Waals surface area contributed by atoms with Crippen LogP contribution in [0.15, 0.2) is 121 Å². The van der Waals surface area contributed by atoms with Crippen molar-refractivity contribution in [3.63, 3.8) is 0 Å². The van der Waals surface area contributed by atoms with Crippen molar-refractivity contribution in [3.05, 3.63) is 162 Å². The molecular formula is C44H42N4O2Pt. The molecule has 260 valence electrons. The third-order valence-corrected chi connectivity index (χ3v) is 9.57. The van der Waals surface area contributed by atoms with Crippen LogP contribution < -0.4 is 20.0 Å². The standard InChI is InChI=1S/C44H42N4O2.Pt/c1-29-12-6-7-17-36(29)47(39-24-34(20-22-41(39)49)43-30(2)13-10-14-31(43)3)27-45-26-46-28-48(38-19-9-8-18-37(38)46)40-25-35(21-23-42(40)50)44-32(4)15-11-16-33(44)5;/h6-25,27-28,45,49-50H,26H2,1-5H3;/q-2;+2. The molecule has 6 aromatic carbocycles. The molecule has 0 saturated heterocycles. The molecule has 1 aliphatic heterocycles. The fourth-order valence-electron chi connectivity index (χ4n) is 7.11. The van der Waals surface area contributed by atoms with Gasteiger partial charge >= 0.3 is 21.1 Å². The summed E-state index contributed by atoms with van der Waals surface area (Å²) in [6.07, 6.45) is 0. The summed E-state index contributed by atoms with van der Waals surface area (Å²) < 4.78 is 0. The molecule has 51 heavy (non-hydrogen) atoms. The fraction of sp³-hybridized carbons (Fsp3) is 0.136. The molecule has 0 radical (unpaired) electrons. The van der Waals surface area contributed by atoms with Crippen molar-refractivity contribution in [2.75, 3.05) is 21.4 Å². The van der Waals surface area contributed by atoms with Crippen LogP contribution in [-0.2, 0) is 21.1 Å². The van der Waals surface area contributed by atoms with Gasteiger partial charge in [0.05, 0.1) is 11.4 Å². The first-order valence-electron chi connectivity index (χ1n) is 16.9. The number of phenols is 2. The number of hydrogen-bond acceptors (Lipinski definition) is 6. The predicted octanol–water partition coefficient (Wildman–Crippen LogP) is 10.6. The summed E-state index contributed by atoms with van der Waals surface area (Å²) in [6.45, 7) is 14.9. The van der Waals surface area contributed by atoms with E-state index >= 15 is 0 Å². The van der Waals surface area contributed by atoms with E-state index in [1.165, 1.54) is 33.4 Å². The number of aromatic hydroxyl groups is 2. The van der Waals surface area contributed by atoms with Gasteiger partial charge in [0.1, 0.15) is 11.5 Å². The summed E-state index contributed by atoms with van der Waals surface area (Å²) in [5.41, 5.74) is 14.6. The molecule has 0 bridgehead atoms. The van der Waals surface area contributed by atoms with E-state index < -0.39 is 0 Å². The van der Waals surface area contributed by atoms with Crippen LogP contribution in [0.4, 0.5) is 28.4 Å². The average Bonchev–Trinajstić information content (AvgIpc) is 3.47. The number of aryl methyl sites for hydroxylation is 5. The quantitative estimate of drug-likeness (QED) is 0.126. The van der Waals surface area contributed by atoms with Gasteiger partial charge in [-0.15, -0.1) is 6.67 Å². The minimum Gasteiger partial charge on any atom is -0.506 e. The summed E-state index contributed by atoms with van der Waals surface area (Å²) in [7, 11) is 0. The molecule has 0 aliphatic carbocycles. The van der Waals surface area contributed by atoms with E-state index in [0.29, 0.717) is 18.0 Å². The smallest absolute Gasteiger partial charge is 0.506 e. The third-order valence-electron chi connectivity index (χ3n) is 9.57. The number of nitrogens with one attached hydrogen (secondary N) is 1. The minimum absolute atomic E-state index is 0. The van der Waals surface area contributed by atoms with E-state index in [4.69, 9.17) is 0 Å². The van der Waals surface area contributed by atoms with Gasteiger partial charge in [0.15, 0.2) is 0 Å². The van der Waals surface area contributed by atoms with Gasteiger partial charge in [-0.2, -0.15) is 6.67 Å². The summed E-state index contributed by atoms with van der Waals surface area (Å²) >= 11 is 0. The maximum Gasteiger partial charge on any atom is 2.00 e. The van der Waals surface area contributed by atoms with Crippen LogP contribution in [0.2, 0.25) is 0 Å². The largest absolute Gasteiger partial charge is 2.00 e. The van der Waals surface area contributed by atoms with Gasteiger partial charge in [-0.1, -0.05) is 78.9 Å². The number of phenolic OH excluding ortho intramolecular Hbond substituents is 2. The van der Waals surface area contributed by atoms with E-state index in [1.807, 2.05) is 59.5 Å². The van der Waals surface area contributed by atoms with E-state index in [-0.39, 0.29) is 32.6 Å². The van der Waals surface area contributed by atoms with Crippen molar-refractivity contribution in [3.8, 4) is 33.8 Å². The van der Waals surface area contributed by atoms with Gasteiger partial charge in [-0.25, -0.2) is 0 Å². The molecule has 3 N–H and O–H groups in total. The van der Waals surface area contributed by atoms with E-state index in [1.54, 1.807) is 12.1 Å². The van der Waals surface area contributed by atoms with Gasteiger partial charge in [0.2, 0.25) is 0 Å². The van der Waals surface area contributed by atoms with Crippen LogP contribution in [0.1, 0.15) is 27.8 Å². The maximum atomic E-state index is 11.3. The molecule has 0 fully saturated rings. The van der Waals surface area contributed by atoms with Crippen LogP contribution >= 0.6 is 0 Å². The van der Waals surface area contributed by atoms with Crippen LogP contribution in [-0.4, -0.2) is 16.9 Å². The molecule has 0 aromatic heterocycles. The first-order valence-corrected chi connectivity index (χ1v) is 16.9. The molecule has 0 spiro atoms. The molecule has 6 aromatic rings. The average molecular weight is 854 g/mol. The van der Waals surface area contributed by atoms with Crippen molar-refractivity contribution in [1.82, 2.24) is 5.32 Å². The first-order chi connectivity index (χ1) is 24.2. The molecule has 7 heteroatoms. The second-order valence-electron chi connectivity index (χ2n) is 13.0. The summed E-state index contributed by atoms with van der Waals surface area (Å²) in [5.74, 6) is 0.391. The van der Waals surface area contributed by atoms with Crippen molar-refractivity contribution in [2.24, 2.45) is 0 Å². The molecule has 0 atom stereocenters. The van der Waals surface area contributed by atoms with Gasteiger partial charge in [0.25, 0.3) is 0 Å². The predicted molar refractivity (Wildman–Crippen MR) is 207 cm³/mol. The molecule has 0 amide bonds. The molecule has 0 saturated carbocycles. The summed E-state index contributed by atoms with van der Waals surface area (Å²) in [5, 5.41) is 26.0. The van der Waals surface area contributed by atoms with Gasteiger partial charge in [-0.3, -0.25) is 0 Å². The first kappa shape index (κ1) is 35.8. The van der Waals surface area contributed by atoms with Crippen molar-refractivity contribution in [1.29, 1.82) is 0 Å². The number of fused-ring (bicyclic) bond motifs is 1. The van der Waals surface area contributed by atoms with E-state index in [9.17, 15) is 10.2 Å². The van der Waals surface area contributed by atoms with Crippen molar-refractivity contribution < 1.29 is 31.3 Å². The van der Waals surface area contributed by atoms with E-state index in [2.05, 4.69) is 118 Å². The number of anilines is 5. The molecule has 1 aliphatic rings. The van der Waals surface area contributed by atoms with E-state index in [0.717, 1.165) is 33.8 Å². The Kier molecular flexibility index (Phi) is 10.6. The topological polar surface area (TPSA) is 62.2 Å². The zero-order valence-corrected chi connectivity index (χ0v) is 31.7. The van der Waals surface area contributed by atoms with Crippen molar-refractivity contribution in [2.45, 2.75) is 34.6 Å². The molecule has 1 heterocycles. The van der Waals surface area contributed by atoms with Crippen LogP contribution in [0.25, 0.3) is 22.3 Å². The Morgan fingerprint density at radius 1 is 0.569 bits per heavy atom. The second-order valence-corrected chi connectivity index (χ2v) is 13.0. The molecule has 6 nitrogen and oxygen atoms in total. The Balaban J connectivity index is 0.00000448. The minimum atomic E-state index is 0. The van der Waals surface area contributed by atoms with Gasteiger partial charge < -0.3 is 30.2 Å². The zero-order valence-electron chi connectivity index (χ0n) is 29.5. The van der Waals surface area contributed by atoms with Crippen LogP contribution in [0.3, 0.4) is 0 Å². The third kappa shape index (κ3) is 6.99. The Hall–Kier alpha value is -5.03. The van der Waals surface area contributed by atoms with Gasteiger partial charge in [0, 0.05) is 23.7 Å². The van der Waals surface area contributed by atoms with Crippen LogP contribution in [0, 0.1) is 48.0 Å². The summed E-state index contributed by atoms with van der Waals surface area (Å²) in [4.78, 5) is 6.18. The summed E-state index contributed by atoms with van der Waals surface area (Å²) in [6, 6.07) is 40.6. The van der Waals surface area contributed by atoms with Gasteiger partial charge in [-0.05, 0) is 127 Å². The Morgan fingerprint density at radius 3 is 1.73 bits per heavy atom. The molecule has 7 rings (SSSR count). The number of para-hydroxylation sites is 3. The number of benzene rings is 6. The second kappa shape index (κ2) is 15.1. The zero-order chi connectivity index (χ0) is 34.9. The fourth-order valence-corrected chi connectivity index (χ4v) is 7.11. The Labute approximate surface area is 315 Å². The Bertz CT molecular complexity index is 2160. The normalized spacial score (nSPS) is 12.1. The molecular weight excluding hydrogens is 812 g/mol. The number of nitrogens with zero attached hydrogens (tertiary/aromatic N) is 3. The monoisotopic (exact) mass is 853 g/mol.